The molecule has 0 aliphatic rings. The lowest BCUT2D eigenvalue weighted by molar-refractivity contribution is -0.123. The fraction of sp³-hybridized carbons (Fsp3) is 0.611. The van der Waals surface area contributed by atoms with Crippen LogP contribution in [0.3, 0.4) is 0 Å². The molecule has 0 radical (unpaired) electrons. The highest BCUT2D eigenvalue weighted by molar-refractivity contribution is 5.81. The maximum Gasteiger partial charge on any atom is 0.237 e. The molecule has 0 saturated heterocycles. The van der Waals surface area contributed by atoms with Crippen molar-refractivity contribution in [3.63, 3.8) is 0 Å². The summed E-state index contributed by atoms with van der Waals surface area (Å²) in [6.45, 7) is 9.95. The van der Waals surface area contributed by atoms with Gasteiger partial charge < -0.3 is 15.8 Å². The highest BCUT2D eigenvalue weighted by atomic mass is 16.5. The Morgan fingerprint density at radius 2 is 1.73 bits per heavy atom. The quantitative estimate of drug-likeness (QED) is 0.776. The minimum Gasteiger partial charge on any atom is -0.491 e. The summed E-state index contributed by atoms with van der Waals surface area (Å²) in [7, 11) is 0. The maximum atomic E-state index is 11.9. The first-order chi connectivity index (χ1) is 10.3. The molecule has 0 bridgehead atoms. The molecular weight excluding hydrogens is 276 g/mol. The van der Waals surface area contributed by atoms with Gasteiger partial charge in [-0.25, -0.2) is 0 Å². The Balaban J connectivity index is 2.40. The van der Waals surface area contributed by atoms with E-state index in [4.69, 9.17) is 10.5 Å². The summed E-state index contributed by atoms with van der Waals surface area (Å²) < 4.78 is 5.63. The van der Waals surface area contributed by atoms with E-state index in [1.54, 1.807) is 0 Å². The van der Waals surface area contributed by atoms with Crippen molar-refractivity contribution in [2.45, 2.75) is 65.6 Å². The van der Waals surface area contributed by atoms with Crippen molar-refractivity contribution in [1.82, 2.24) is 5.32 Å². The number of nitrogens with one attached hydrogen (secondary N) is 1. The number of amides is 1. The summed E-state index contributed by atoms with van der Waals surface area (Å²) in [5.74, 6) is 0.979. The van der Waals surface area contributed by atoms with Gasteiger partial charge in [-0.2, -0.15) is 0 Å². The molecule has 2 atom stereocenters. The van der Waals surface area contributed by atoms with Crippen LogP contribution in [-0.4, -0.2) is 24.1 Å². The van der Waals surface area contributed by atoms with Gasteiger partial charge in [-0.05, 0) is 57.2 Å². The zero-order chi connectivity index (χ0) is 16.7. The van der Waals surface area contributed by atoms with Gasteiger partial charge in [-0.15, -0.1) is 0 Å². The molecule has 0 fully saturated rings. The Morgan fingerprint density at radius 1 is 1.14 bits per heavy atom. The summed E-state index contributed by atoms with van der Waals surface area (Å²) in [5, 5.41) is 2.98. The molecule has 4 heteroatoms. The maximum absolute atomic E-state index is 11.9. The van der Waals surface area contributed by atoms with Crippen molar-refractivity contribution in [3.05, 3.63) is 29.8 Å². The van der Waals surface area contributed by atoms with Gasteiger partial charge >= 0.3 is 0 Å². The second kappa shape index (κ2) is 8.79. The number of hydrogen-bond acceptors (Lipinski definition) is 3. The molecule has 1 aromatic rings. The lowest BCUT2D eigenvalue weighted by Gasteiger charge is -2.19. The minimum atomic E-state index is -0.435. The summed E-state index contributed by atoms with van der Waals surface area (Å²) >= 11 is 0. The van der Waals surface area contributed by atoms with Crippen molar-refractivity contribution in [2.24, 2.45) is 11.7 Å². The summed E-state index contributed by atoms with van der Waals surface area (Å²) in [4.78, 5) is 11.9. The van der Waals surface area contributed by atoms with E-state index < -0.39 is 6.04 Å². The van der Waals surface area contributed by atoms with Crippen LogP contribution in [0.2, 0.25) is 0 Å². The van der Waals surface area contributed by atoms with E-state index in [1.165, 1.54) is 5.56 Å². The van der Waals surface area contributed by atoms with E-state index >= 15 is 0 Å². The second-order valence-electron chi connectivity index (χ2n) is 6.53. The molecule has 1 rings (SSSR count). The van der Waals surface area contributed by atoms with Gasteiger partial charge in [0.25, 0.3) is 0 Å². The number of benzene rings is 1. The van der Waals surface area contributed by atoms with Gasteiger partial charge in [-0.3, -0.25) is 4.79 Å². The smallest absolute Gasteiger partial charge is 0.237 e. The van der Waals surface area contributed by atoms with Crippen molar-refractivity contribution in [2.75, 3.05) is 0 Å². The molecule has 3 N–H and O–H groups in total. The number of ether oxygens (including phenoxy) is 1. The lowest BCUT2D eigenvalue weighted by Crippen LogP contribution is -2.47. The number of rotatable bonds is 8. The fourth-order valence-corrected chi connectivity index (χ4v) is 2.10. The highest BCUT2D eigenvalue weighted by Gasteiger charge is 2.18. The Labute approximate surface area is 134 Å². The summed E-state index contributed by atoms with van der Waals surface area (Å²) in [6, 6.07) is 7.82. The van der Waals surface area contributed by atoms with Crippen LogP contribution in [0.1, 0.15) is 46.6 Å². The first-order valence-corrected chi connectivity index (χ1v) is 8.11. The molecular formula is C18H30N2O2. The predicted molar refractivity (Wildman–Crippen MR) is 90.9 cm³/mol. The van der Waals surface area contributed by atoms with Crippen molar-refractivity contribution in [3.8, 4) is 5.75 Å². The zero-order valence-electron chi connectivity index (χ0n) is 14.4. The van der Waals surface area contributed by atoms with Crippen LogP contribution in [-0.2, 0) is 11.2 Å². The minimum absolute atomic E-state index is 0.0665. The van der Waals surface area contributed by atoms with Gasteiger partial charge in [-0.1, -0.05) is 26.0 Å². The standard InChI is InChI=1S/C18H30N2O2/c1-12(2)17(19)18(21)20-14(5)6-7-15-8-10-16(11-9-15)22-13(3)4/h8-14,17H,6-7,19H2,1-5H3,(H,20,21)/t14?,17-/m0/s1. The SMILES string of the molecule is CC(CCc1ccc(OC(C)C)cc1)NC(=O)[C@@H](N)C(C)C. The van der Waals surface area contributed by atoms with E-state index in [0.29, 0.717) is 0 Å². The average molecular weight is 306 g/mol. The Bertz CT molecular complexity index is 455. The molecule has 0 aliphatic carbocycles. The third kappa shape index (κ3) is 6.48. The van der Waals surface area contributed by atoms with Gasteiger partial charge in [0.1, 0.15) is 5.75 Å². The average Bonchev–Trinajstić information content (AvgIpc) is 2.45. The fourth-order valence-electron chi connectivity index (χ4n) is 2.10. The monoisotopic (exact) mass is 306 g/mol. The topological polar surface area (TPSA) is 64.3 Å². The molecule has 0 heterocycles. The first-order valence-electron chi connectivity index (χ1n) is 8.11. The van der Waals surface area contributed by atoms with E-state index in [-0.39, 0.29) is 24.0 Å². The van der Waals surface area contributed by atoms with E-state index in [9.17, 15) is 4.79 Å². The largest absolute Gasteiger partial charge is 0.491 e. The van der Waals surface area contributed by atoms with E-state index in [0.717, 1.165) is 18.6 Å². The molecule has 0 saturated carbocycles. The van der Waals surface area contributed by atoms with Crippen LogP contribution in [0, 0.1) is 5.92 Å². The number of hydrogen-bond donors (Lipinski definition) is 2. The van der Waals surface area contributed by atoms with E-state index in [2.05, 4.69) is 17.4 Å². The van der Waals surface area contributed by atoms with Crippen LogP contribution < -0.4 is 15.8 Å². The highest BCUT2D eigenvalue weighted by Crippen LogP contribution is 2.15. The predicted octanol–water partition coefficient (Wildman–Crippen LogP) is 2.89. The third-order valence-electron chi connectivity index (χ3n) is 3.57. The first kappa shape index (κ1) is 18.5. The van der Waals surface area contributed by atoms with Crippen molar-refractivity contribution in [1.29, 1.82) is 0 Å². The van der Waals surface area contributed by atoms with Crippen molar-refractivity contribution < 1.29 is 9.53 Å². The lowest BCUT2D eigenvalue weighted by atomic mass is 10.0. The number of carbonyl (C=O) groups excluding carboxylic acids is 1. The number of aryl methyl sites for hydroxylation is 1. The molecule has 0 aromatic heterocycles. The van der Waals surface area contributed by atoms with Crippen LogP contribution in [0.5, 0.6) is 5.75 Å². The molecule has 4 nitrogen and oxygen atoms in total. The van der Waals surface area contributed by atoms with Crippen LogP contribution in [0.15, 0.2) is 24.3 Å². The normalized spacial score (nSPS) is 14.0. The molecule has 22 heavy (non-hydrogen) atoms. The molecule has 1 unspecified atom stereocenters. The van der Waals surface area contributed by atoms with Crippen LogP contribution in [0.4, 0.5) is 0 Å². The second-order valence-corrected chi connectivity index (χ2v) is 6.53. The zero-order valence-corrected chi connectivity index (χ0v) is 14.4. The molecule has 0 spiro atoms. The molecule has 1 amide bonds. The summed E-state index contributed by atoms with van der Waals surface area (Å²) in [5.41, 5.74) is 7.09. The molecule has 1 aromatic carbocycles. The van der Waals surface area contributed by atoms with Gasteiger partial charge in [0.05, 0.1) is 12.1 Å². The van der Waals surface area contributed by atoms with Crippen LogP contribution >= 0.6 is 0 Å². The molecule has 124 valence electrons. The Kier molecular flexibility index (Phi) is 7.39. The van der Waals surface area contributed by atoms with Gasteiger partial charge in [0.15, 0.2) is 0 Å². The number of carbonyl (C=O) groups is 1. The Morgan fingerprint density at radius 3 is 2.23 bits per heavy atom. The van der Waals surface area contributed by atoms with Gasteiger partial charge in [0.2, 0.25) is 5.91 Å². The third-order valence-corrected chi connectivity index (χ3v) is 3.57. The summed E-state index contributed by atoms with van der Waals surface area (Å²) in [6.07, 6.45) is 1.99. The Hall–Kier alpha value is -1.55. The van der Waals surface area contributed by atoms with Crippen molar-refractivity contribution >= 4 is 5.91 Å². The van der Waals surface area contributed by atoms with Crippen LogP contribution in [0.25, 0.3) is 0 Å². The number of nitrogens with two attached hydrogens (primary N) is 1. The molecule has 0 aliphatic heterocycles. The van der Waals surface area contributed by atoms with E-state index in [1.807, 2.05) is 46.8 Å². The van der Waals surface area contributed by atoms with Gasteiger partial charge in [0, 0.05) is 6.04 Å².